The van der Waals surface area contributed by atoms with E-state index in [-0.39, 0.29) is 0 Å². The number of carboxylic acid groups (broad SMARTS) is 1. The average Bonchev–Trinajstić information content (AvgIpc) is 2.81. The third-order valence-corrected chi connectivity index (χ3v) is 4.34. The monoisotopic (exact) mass is 272 g/mol. The Morgan fingerprint density at radius 2 is 1.90 bits per heavy atom. The lowest BCUT2D eigenvalue weighted by Gasteiger charge is -2.18. The number of nitrogens with zero attached hydrogens (tertiary/aromatic N) is 2. The van der Waals surface area contributed by atoms with Gasteiger partial charge in [-0.2, -0.15) is 5.10 Å². The lowest BCUT2D eigenvalue weighted by molar-refractivity contribution is 0.0697. The van der Waals surface area contributed by atoms with Gasteiger partial charge in [-0.25, -0.2) is 9.31 Å². The van der Waals surface area contributed by atoms with Gasteiger partial charge in [0.2, 0.25) is 0 Å². The molecule has 3 rings (SSSR count). The molecule has 1 saturated carbocycles. The summed E-state index contributed by atoms with van der Waals surface area (Å²) in [7, 11) is 0. The van der Waals surface area contributed by atoms with Gasteiger partial charge in [0, 0.05) is 11.8 Å². The van der Waals surface area contributed by atoms with Crippen LogP contribution in [0.5, 0.6) is 0 Å². The highest BCUT2D eigenvalue weighted by Gasteiger charge is 2.18. The largest absolute Gasteiger partial charge is 0.478 e. The first-order chi connectivity index (χ1) is 9.75. The number of carboxylic acids is 1. The Morgan fingerprint density at radius 3 is 2.60 bits per heavy atom. The molecular weight excluding hydrogens is 252 g/mol. The number of fused-ring (bicyclic) bond motifs is 1. The highest BCUT2D eigenvalue weighted by molar-refractivity contribution is 5.89. The van der Waals surface area contributed by atoms with E-state index in [1.807, 2.05) is 6.20 Å². The minimum Gasteiger partial charge on any atom is -0.478 e. The van der Waals surface area contributed by atoms with E-state index in [1.165, 1.54) is 50.5 Å². The molecule has 0 unspecified atom stereocenters. The fraction of sp³-hybridized carbons (Fsp3) is 0.500. The van der Waals surface area contributed by atoms with Crippen LogP contribution < -0.4 is 0 Å². The number of aromatic carboxylic acids is 1. The minimum absolute atomic E-state index is 0.338. The maximum atomic E-state index is 11.1. The molecule has 2 aromatic heterocycles. The van der Waals surface area contributed by atoms with Crippen LogP contribution in [0.1, 0.15) is 66.8 Å². The van der Waals surface area contributed by atoms with Gasteiger partial charge in [0.25, 0.3) is 0 Å². The van der Waals surface area contributed by atoms with E-state index in [1.54, 1.807) is 22.8 Å². The zero-order chi connectivity index (χ0) is 13.9. The van der Waals surface area contributed by atoms with E-state index < -0.39 is 5.97 Å². The number of carbonyl (C=O) groups is 1. The first-order valence-electron chi connectivity index (χ1n) is 7.46. The van der Waals surface area contributed by atoms with Crippen molar-refractivity contribution in [2.45, 2.75) is 50.9 Å². The van der Waals surface area contributed by atoms with Gasteiger partial charge >= 0.3 is 5.97 Å². The molecule has 1 aliphatic carbocycles. The number of pyridine rings is 1. The molecular formula is C16H20N2O2. The zero-order valence-corrected chi connectivity index (χ0v) is 11.6. The van der Waals surface area contributed by atoms with Crippen molar-refractivity contribution in [3.8, 4) is 0 Å². The third-order valence-electron chi connectivity index (χ3n) is 4.34. The van der Waals surface area contributed by atoms with Gasteiger partial charge in [-0.1, -0.05) is 32.1 Å². The standard InChI is InChI=1S/C16H20N2O2/c19-16(20)13-8-9-18-15(10-13)14(11-17-18)12-6-4-2-1-3-5-7-12/h8-12H,1-7H2,(H,19,20). The van der Waals surface area contributed by atoms with Gasteiger partial charge in [0.1, 0.15) is 0 Å². The molecule has 1 N–H and O–H groups in total. The van der Waals surface area contributed by atoms with Gasteiger partial charge in [-0.05, 0) is 30.9 Å². The second kappa shape index (κ2) is 5.65. The van der Waals surface area contributed by atoms with Crippen molar-refractivity contribution in [2.75, 3.05) is 0 Å². The van der Waals surface area contributed by atoms with E-state index in [0.717, 1.165) is 5.52 Å². The maximum absolute atomic E-state index is 11.1. The van der Waals surface area contributed by atoms with Gasteiger partial charge < -0.3 is 5.11 Å². The summed E-state index contributed by atoms with van der Waals surface area (Å²) in [5.74, 6) is -0.353. The Labute approximate surface area is 118 Å². The number of rotatable bonds is 2. The van der Waals surface area contributed by atoms with Gasteiger partial charge in [-0.3, -0.25) is 0 Å². The van der Waals surface area contributed by atoms with E-state index in [4.69, 9.17) is 5.11 Å². The van der Waals surface area contributed by atoms with Crippen LogP contribution >= 0.6 is 0 Å². The summed E-state index contributed by atoms with van der Waals surface area (Å²) in [6.45, 7) is 0. The molecule has 0 atom stereocenters. The molecule has 20 heavy (non-hydrogen) atoms. The minimum atomic E-state index is -0.877. The summed E-state index contributed by atoms with van der Waals surface area (Å²) >= 11 is 0. The number of hydrogen-bond acceptors (Lipinski definition) is 2. The van der Waals surface area contributed by atoms with E-state index in [0.29, 0.717) is 11.5 Å². The SMILES string of the molecule is O=C(O)c1ccn2ncc(C3CCCCCCC3)c2c1. The van der Waals surface area contributed by atoms with Crippen LogP contribution in [0.25, 0.3) is 5.52 Å². The van der Waals surface area contributed by atoms with Crippen LogP contribution in [-0.4, -0.2) is 20.7 Å². The summed E-state index contributed by atoms with van der Waals surface area (Å²) in [6, 6.07) is 3.35. The van der Waals surface area contributed by atoms with E-state index >= 15 is 0 Å². The highest BCUT2D eigenvalue weighted by atomic mass is 16.4. The van der Waals surface area contributed by atoms with Crippen molar-refractivity contribution in [1.29, 1.82) is 0 Å². The number of hydrogen-bond donors (Lipinski definition) is 1. The van der Waals surface area contributed by atoms with Crippen LogP contribution in [0.2, 0.25) is 0 Å². The second-order valence-electron chi connectivity index (χ2n) is 5.69. The predicted octanol–water partition coefficient (Wildman–Crippen LogP) is 3.86. The smallest absolute Gasteiger partial charge is 0.335 e. The van der Waals surface area contributed by atoms with Crippen LogP contribution in [0, 0.1) is 0 Å². The van der Waals surface area contributed by atoms with Gasteiger partial charge in [-0.15, -0.1) is 0 Å². The maximum Gasteiger partial charge on any atom is 0.335 e. The molecule has 0 radical (unpaired) electrons. The highest BCUT2D eigenvalue weighted by Crippen LogP contribution is 2.33. The van der Waals surface area contributed by atoms with Crippen molar-refractivity contribution in [1.82, 2.24) is 9.61 Å². The van der Waals surface area contributed by atoms with Crippen molar-refractivity contribution in [2.24, 2.45) is 0 Å². The summed E-state index contributed by atoms with van der Waals surface area (Å²) in [5, 5.41) is 13.5. The Balaban J connectivity index is 1.96. The van der Waals surface area contributed by atoms with E-state index in [2.05, 4.69) is 5.10 Å². The predicted molar refractivity (Wildman–Crippen MR) is 77.2 cm³/mol. The molecule has 4 heteroatoms. The van der Waals surface area contributed by atoms with Crippen molar-refractivity contribution in [3.05, 3.63) is 35.7 Å². The third kappa shape index (κ3) is 2.55. The van der Waals surface area contributed by atoms with Crippen LogP contribution in [-0.2, 0) is 0 Å². The Kier molecular flexibility index (Phi) is 3.72. The normalized spacial score (nSPS) is 17.8. The molecule has 2 heterocycles. The molecule has 0 amide bonds. The molecule has 0 bridgehead atoms. The Bertz CT molecular complexity index is 610. The molecule has 2 aromatic rings. The Morgan fingerprint density at radius 1 is 1.20 bits per heavy atom. The average molecular weight is 272 g/mol. The van der Waals surface area contributed by atoms with Crippen LogP contribution in [0.15, 0.2) is 24.5 Å². The molecule has 1 aliphatic rings. The summed E-state index contributed by atoms with van der Waals surface area (Å²) < 4.78 is 1.79. The molecule has 4 nitrogen and oxygen atoms in total. The topological polar surface area (TPSA) is 54.6 Å². The summed E-state index contributed by atoms with van der Waals surface area (Å²) in [6.07, 6.45) is 12.6. The molecule has 0 spiro atoms. The molecule has 0 saturated heterocycles. The van der Waals surface area contributed by atoms with Gasteiger partial charge in [0.05, 0.1) is 17.3 Å². The van der Waals surface area contributed by atoms with Crippen molar-refractivity contribution in [3.63, 3.8) is 0 Å². The first kappa shape index (κ1) is 13.2. The fourth-order valence-corrected chi connectivity index (χ4v) is 3.21. The van der Waals surface area contributed by atoms with E-state index in [9.17, 15) is 4.79 Å². The molecule has 1 fully saturated rings. The van der Waals surface area contributed by atoms with Crippen LogP contribution in [0.4, 0.5) is 0 Å². The van der Waals surface area contributed by atoms with Gasteiger partial charge in [0.15, 0.2) is 0 Å². The lowest BCUT2D eigenvalue weighted by Crippen LogP contribution is -2.03. The molecule has 106 valence electrons. The van der Waals surface area contributed by atoms with Crippen molar-refractivity contribution >= 4 is 11.5 Å². The van der Waals surface area contributed by atoms with Crippen LogP contribution in [0.3, 0.4) is 0 Å². The first-order valence-corrected chi connectivity index (χ1v) is 7.46. The Hall–Kier alpha value is -1.84. The summed E-state index contributed by atoms with van der Waals surface area (Å²) in [5.41, 5.74) is 2.51. The zero-order valence-electron chi connectivity index (χ0n) is 11.6. The fourth-order valence-electron chi connectivity index (χ4n) is 3.21. The summed E-state index contributed by atoms with van der Waals surface area (Å²) in [4.78, 5) is 11.1. The molecule has 0 aliphatic heterocycles. The lowest BCUT2D eigenvalue weighted by atomic mass is 9.86. The quantitative estimate of drug-likeness (QED) is 0.903. The van der Waals surface area contributed by atoms with Crippen molar-refractivity contribution < 1.29 is 9.90 Å². The number of aromatic nitrogens is 2. The second-order valence-corrected chi connectivity index (χ2v) is 5.69. The molecule has 0 aromatic carbocycles.